The predicted molar refractivity (Wildman–Crippen MR) is 308 cm³/mol. The van der Waals surface area contributed by atoms with Crippen molar-refractivity contribution in [3.8, 4) is 0 Å². The van der Waals surface area contributed by atoms with E-state index in [1.54, 1.807) is 0 Å². The van der Waals surface area contributed by atoms with E-state index in [1.807, 2.05) is 0 Å². The van der Waals surface area contributed by atoms with Crippen molar-refractivity contribution in [1.82, 2.24) is 0 Å². The lowest BCUT2D eigenvalue weighted by Gasteiger charge is -2.21. The van der Waals surface area contributed by atoms with Gasteiger partial charge in [-0.25, -0.2) is 9.13 Å². The van der Waals surface area contributed by atoms with Crippen LogP contribution >= 0.6 is 15.6 Å². The standard InChI is InChI=1S/C59H114O17P2/c1-7-10-12-27-35-41-56(61)69-47-54(75-58(63)43-37-28-13-11-8-2)49-73-77(65,66)71-45-53(60)46-72-78(67,68)74-50-55(76-59(64)44-38-32-26-22-16-14-15-19-23-29-33-39-51(4)5)48-70-57(62)42-36-31-25-21-18-17-20-24-30-34-40-52(6)9-3/h51-55,60H,7-50H2,1-6H3,(H,65,66)(H,67,68)/t52?,53-,54+,55+/m0/s1. The van der Waals surface area contributed by atoms with Crippen molar-refractivity contribution >= 4 is 39.5 Å². The molecule has 0 saturated heterocycles. The Morgan fingerprint density at radius 2 is 0.654 bits per heavy atom. The molecule has 78 heavy (non-hydrogen) atoms. The first-order valence-electron chi connectivity index (χ1n) is 31.0. The first kappa shape index (κ1) is 76.1. The molecule has 0 radical (unpaired) electrons. The number of carbonyl (C=O) groups excluding carboxylic acids is 4. The summed E-state index contributed by atoms with van der Waals surface area (Å²) in [6, 6.07) is 0. The van der Waals surface area contributed by atoms with Crippen LogP contribution in [0.4, 0.5) is 0 Å². The average molecular weight is 1160 g/mol. The van der Waals surface area contributed by atoms with Crippen molar-refractivity contribution in [2.75, 3.05) is 39.6 Å². The summed E-state index contributed by atoms with van der Waals surface area (Å²) >= 11 is 0. The van der Waals surface area contributed by atoms with E-state index in [2.05, 4.69) is 41.5 Å². The zero-order valence-electron chi connectivity index (χ0n) is 50.0. The summed E-state index contributed by atoms with van der Waals surface area (Å²) in [5.41, 5.74) is 0. The molecule has 462 valence electrons. The van der Waals surface area contributed by atoms with Crippen molar-refractivity contribution in [3.63, 3.8) is 0 Å². The fourth-order valence-corrected chi connectivity index (χ4v) is 10.2. The Kier molecular flexibility index (Phi) is 50.6. The number of aliphatic hydroxyl groups is 1. The summed E-state index contributed by atoms with van der Waals surface area (Å²) < 4.78 is 67.4. The van der Waals surface area contributed by atoms with Gasteiger partial charge in [-0.1, -0.05) is 234 Å². The molecule has 0 aromatic heterocycles. The molecule has 17 nitrogen and oxygen atoms in total. The normalized spacial score (nSPS) is 14.8. The van der Waals surface area contributed by atoms with Crippen LogP contribution in [0.3, 0.4) is 0 Å². The van der Waals surface area contributed by atoms with Crippen LogP contribution in [0.1, 0.15) is 286 Å². The van der Waals surface area contributed by atoms with E-state index in [0.717, 1.165) is 108 Å². The minimum Gasteiger partial charge on any atom is -0.462 e. The molecule has 0 aliphatic rings. The number of rotatable bonds is 58. The van der Waals surface area contributed by atoms with Gasteiger partial charge in [-0.3, -0.25) is 37.3 Å². The van der Waals surface area contributed by atoms with Gasteiger partial charge in [0.25, 0.3) is 0 Å². The van der Waals surface area contributed by atoms with Gasteiger partial charge >= 0.3 is 39.5 Å². The third-order valence-electron chi connectivity index (χ3n) is 13.8. The van der Waals surface area contributed by atoms with E-state index >= 15 is 0 Å². The Bertz CT molecular complexity index is 1550. The number of esters is 4. The smallest absolute Gasteiger partial charge is 0.462 e. The second-order valence-electron chi connectivity index (χ2n) is 22.1. The van der Waals surface area contributed by atoms with E-state index < -0.39 is 97.5 Å². The van der Waals surface area contributed by atoms with Crippen LogP contribution in [-0.4, -0.2) is 96.7 Å². The first-order valence-corrected chi connectivity index (χ1v) is 34.0. The number of unbranched alkanes of at least 4 members (excludes halogenated alkanes) is 27. The second kappa shape index (κ2) is 51.9. The third kappa shape index (κ3) is 52.2. The molecule has 0 heterocycles. The van der Waals surface area contributed by atoms with Gasteiger partial charge < -0.3 is 33.8 Å². The minimum absolute atomic E-state index is 0.0985. The maximum absolute atomic E-state index is 12.9. The first-order chi connectivity index (χ1) is 37.4. The van der Waals surface area contributed by atoms with Crippen LogP contribution in [0.15, 0.2) is 0 Å². The summed E-state index contributed by atoms with van der Waals surface area (Å²) in [5, 5.41) is 10.5. The van der Waals surface area contributed by atoms with Crippen LogP contribution in [0.25, 0.3) is 0 Å². The molecule has 0 saturated carbocycles. The zero-order chi connectivity index (χ0) is 58.0. The molecule has 3 N–H and O–H groups in total. The van der Waals surface area contributed by atoms with Gasteiger partial charge in [0, 0.05) is 25.7 Å². The lowest BCUT2D eigenvalue weighted by molar-refractivity contribution is -0.161. The minimum atomic E-state index is -4.94. The Hall–Kier alpha value is -1.94. The number of carbonyl (C=O) groups is 4. The van der Waals surface area contributed by atoms with Crippen molar-refractivity contribution in [1.29, 1.82) is 0 Å². The maximum Gasteiger partial charge on any atom is 0.472 e. The molecule has 0 aromatic carbocycles. The molecule has 3 unspecified atom stereocenters. The summed E-state index contributed by atoms with van der Waals surface area (Å²) in [7, 11) is -9.86. The molecule has 0 rings (SSSR count). The molecular formula is C59H114O17P2. The Morgan fingerprint density at radius 3 is 0.974 bits per heavy atom. The molecular weight excluding hydrogens is 1040 g/mol. The SMILES string of the molecule is CCCCCCCC(=O)OC[C@H](COP(=O)(O)OC[C@H](O)COP(=O)(O)OC[C@@H](COC(=O)CCCCCCCCCCCCC(C)CC)OC(=O)CCCCCCCCCCCCCC(C)C)OC(=O)CCCCCCC. The van der Waals surface area contributed by atoms with E-state index in [9.17, 15) is 43.2 Å². The third-order valence-corrected chi connectivity index (χ3v) is 15.7. The summed E-state index contributed by atoms with van der Waals surface area (Å²) in [4.78, 5) is 71.5. The van der Waals surface area contributed by atoms with Crippen molar-refractivity contribution in [3.05, 3.63) is 0 Å². The fraction of sp³-hybridized carbons (Fsp3) is 0.932. The van der Waals surface area contributed by atoms with Crippen molar-refractivity contribution < 1.29 is 80.2 Å². The Labute approximate surface area is 473 Å². The number of hydrogen-bond donors (Lipinski definition) is 3. The molecule has 0 bridgehead atoms. The molecule has 6 atom stereocenters. The van der Waals surface area contributed by atoms with Gasteiger partial charge in [-0.2, -0.15) is 0 Å². The number of ether oxygens (including phenoxy) is 4. The topological polar surface area (TPSA) is 237 Å². The van der Waals surface area contributed by atoms with Crippen molar-refractivity contribution in [2.24, 2.45) is 11.8 Å². The highest BCUT2D eigenvalue weighted by Crippen LogP contribution is 2.45. The van der Waals surface area contributed by atoms with Gasteiger partial charge in [0.1, 0.15) is 19.3 Å². The van der Waals surface area contributed by atoms with E-state index in [4.69, 9.17) is 37.0 Å². The van der Waals surface area contributed by atoms with Crippen LogP contribution in [-0.2, 0) is 65.4 Å². The lowest BCUT2D eigenvalue weighted by Crippen LogP contribution is -2.30. The average Bonchev–Trinajstić information content (AvgIpc) is 3.40. The summed E-state index contributed by atoms with van der Waals surface area (Å²) in [6.45, 7) is 9.30. The number of phosphoric acid groups is 2. The second-order valence-corrected chi connectivity index (χ2v) is 25.0. The highest BCUT2D eigenvalue weighted by Gasteiger charge is 2.30. The van der Waals surface area contributed by atoms with Crippen molar-refractivity contribution in [2.45, 2.75) is 304 Å². The monoisotopic (exact) mass is 1160 g/mol. The highest BCUT2D eigenvalue weighted by molar-refractivity contribution is 7.47. The van der Waals surface area contributed by atoms with E-state index in [0.29, 0.717) is 25.7 Å². The van der Waals surface area contributed by atoms with Gasteiger partial charge in [0.2, 0.25) is 0 Å². The lowest BCUT2D eigenvalue weighted by atomic mass is 9.99. The van der Waals surface area contributed by atoms with Gasteiger partial charge in [0.05, 0.1) is 26.4 Å². The largest absolute Gasteiger partial charge is 0.472 e. The van der Waals surface area contributed by atoms with Gasteiger partial charge in [-0.05, 0) is 37.5 Å². The highest BCUT2D eigenvalue weighted by atomic mass is 31.2. The molecule has 0 aromatic rings. The molecule has 0 aliphatic heterocycles. The number of phosphoric ester groups is 2. The predicted octanol–water partition coefficient (Wildman–Crippen LogP) is 15.7. The van der Waals surface area contributed by atoms with Gasteiger partial charge in [-0.15, -0.1) is 0 Å². The molecule has 0 spiro atoms. The van der Waals surface area contributed by atoms with Gasteiger partial charge in [0.15, 0.2) is 12.2 Å². The van der Waals surface area contributed by atoms with Crippen LogP contribution in [0, 0.1) is 11.8 Å². The fourth-order valence-electron chi connectivity index (χ4n) is 8.61. The van der Waals surface area contributed by atoms with E-state index in [-0.39, 0.29) is 25.7 Å². The number of hydrogen-bond acceptors (Lipinski definition) is 15. The Balaban J connectivity index is 5.14. The van der Waals surface area contributed by atoms with Crippen LogP contribution in [0.2, 0.25) is 0 Å². The summed E-state index contributed by atoms with van der Waals surface area (Å²) in [5.74, 6) is -0.588. The molecule has 0 fully saturated rings. The quantitative estimate of drug-likeness (QED) is 0.0222. The molecule has 0 aliphatic carbocycles. The molecule has 19 heteroatoms. The van der Waals surface area contributed by atoms with E-state index in [1.165, 1.54) is 96.3 Å². The molecule has 0 amide bonds. The van der Waals surface area contributed by atoms with Crippen LogP contribution in [0.5, 0.6) is 0 Å². The zero-order valence-corrected chi connectivity index (χ0v) is 51.7. The maximum atomic E-state index is 12.9. The Morgan fingerprint density at radius 1 is 0.372 bits per heavy atom. The van der Waals surface area contributed by atoms with Crippen LogP contribution < -0.4 is 0 Å². The summed E-state index contributed by atoms with van der Waals surface area (Å²) in [6.07, 6.45) is 32.8. The number of aliphatic hydroxyl groups excluding tert-OH is 1.